The molecule has 0 aliphatic rings. The highest BCUT2D eigenvalue weighted by atomic mass is 32.2. The smallest absolute Gasteiger partial charge is 0.265 e. The maximum Gasteiger partial charge on any atom is 0.265 e. The molecule has 0 radical (unpaired) electrons. The standard InChI is InChI=1S/C20H21N3O5S/c1-27-10-9-21-20(24)15-7-8-18(28-2)19(12-15)29(25,26)23-16-11-14-5-3-4-6-17(14)22-13-16/h3-8,11-13,23H,9-10H2,1-2H3,(H,21,24). The van der Waals surface area contributed by atoms with Gasteiger partial charge < -0.3 is 14.8 Å². The molecular formula is C20H21N3O5S. The molecule has 2 aromatic carbocycles. The lowest BCUT2D eigenvalue weighted by Gasteiger charge is -2.13. The molecule has 9 heteroatoms. The van der Waals surface area contributed by atoms with Gasteiger partial charge in [0, 0.05) is 24.6 Å². The lowest BCUT2D eigenvalue weighted by atomic mass is 10.2. The van der Waals surface area contributed by atoms with Crippen molar-refractivity contribution in [2.24, 2.45) is 0 Å². The van der Waals surface area contributed by atoms with Gasteiger partial charge in [0.2, 0.25) is 0 Å². The Kier molecular flexibility index (Phi) is 6.30. The van der Waals surface area contributed by atoms with Crippen LogP contribution < -0.4 is 14.8 Å². The van der Waals surface area contributed by atoms with E-state index in [1.165, 1.54) is 38.6 Å². The Morgan fingerprint density at radius 2 is 1.90 bits per heavy atom. The number of benzene rings is 2. The number of aromatic nitrogens is 1. The number of hydrogen-bond acceptors (Lipinski definition) is 6. The fourth-order valence-corrected chi connectivity index (χ4v) is 3.96. The van der Waals surface area contributed by atoms with Crippen LogP contribution in [0, 0.1) is 0 Å². The summed E-state index contributed by atoms with van der Waals surface area (Å²) in [5.41, 5.74) is 1.25. The first-order chi connectivity index (χ1) is 13.9. The molecule has 152 valence electrons. The van der Waals surface area contributed by atoms with E-state index in [4.69, 9.17) is 9.47 Å². The van der Waals surface area contributed by atoms with Gasteiger partial charge in [-0.05, 0) is 30.3 Å². The lowest BCUT2D eigenvalue weighted by Crippen LogP contribution is -2.27. The molecule has 0 fully saturated rings. The molecule has 1 aromatic heterocycles. The summed E-state index contributed by atoms with van der Waals surface area (Å²) in [6.07, 6.45) is 1.44. The maximum atomic E-state index is 13.0. The molecular weight excluding hydrogens is 394 g/mol. The molecule has 3 rings (SSSR count). The summed E-state index contributed by atoms with van der Waals surface area (Å²) in [4.78, 5) is 16.4. The number of hydrogen-bond donors (Lipinski definition) is 2. The van der Waals surface area contributed by atoms with Gasteiger partial charge in [-0.1, -0.05) is 18.2 Å². The molecule has 0 saturated carbocycles. The Morgan fingerprint density at radius 1 is 1.10 bits per heavy atom. The molecule has 0 unspecified atom stereocenters. The number of amides is 1. The number of sulfonamides is 1. The van der Waals surface area contributed by atoms with Crippen molar-refractivity contribution in [2.45, 2.75) is 4.90 Å². The van der Waals surface area contributed by atoms with Crippen LogP contribution >= 0.6 is 0 Å². The van der Waals surface area contributed by atoms with E-state index in [1.54, 1.807) is 6.07 Å². The highest BCUT2D eigenvalue weighted by molar-refractivity contribution is 7.92. The molecule has 0 aliphatic carbocycles. The van der Waals surface area contributed by atoms with Crippen LogP contribution in [0.2, 0.25) is 0 Å². The zero-order valence-corrected chi connectivity index (χ0v) is 16.8. The molecule has 3 aromatic rings. The first-order valence-electron chi connectivity index (χ1n) is 8.77. The predicted octanol–water partition coefficient (Wildman–Crippen LogP) is 2.42. The third kappa shape index (κ3) is 4.82. The second-order valence-corrected chi connectivity index (χ2v) is 7.79. The van der Waals surface area contributed by atoms with Gasteiger partial charge in [0.25, 0.3) is 15.9 Å². The fraction of sp³-hybridized carbons (Fsp3) is 0.200. The summed E-state index contributed by atoms with van der Waals surface area (Å²) in [5, 5.41) is 3.45. The first-order valence-corrected chi connectivity index (χ1v) is 10.3. The van der Waals surface area contributed by atoms with E-state index in [0.29, 0.717) is 18.8 Å². The largest absolute Gasteiger partial charge is 0.495 e. The number of anilines is 1. The van der Waals surface area contributed by atoms with Gasteiger partial charge in [0.1, 0.15) is 10.6 Å². The summed E-state index contributed by atoms with van der Waals surface area (Å²) < 4.78 is 38.5. The first kappa shape index (κ1) is 20.6. The highest BCUT2D eigenvalue weighted by Crippen LogP contribution is 2.27. The van der Waals surface area contributed by atoms with Gasteiger partial charge in [0.15, 0.2) is 0 Å². The minimum atomic E-state index is -4.03. The van der Waals surface area contributed by atoms with Gasteiger partial charge in [0.05, 0.1) is 31.1 Å². The molecule has 0 saturated heterocycles. The van der Waals surface area contributed by atoms with Crippen molar-refractivity contribution in [3.8, 4) is 5.75 Å². The SMILES string of the molecule is COCCNC(=O)c1ccc(OC)c(S(=O)(=O)Nc2cnc3ccccc3c2)c1. The van der Waals surface area contributed by atoms with E-state index in [0.717, 1.165) is 10.9 Å². The number of nitrogens with one attached hydrogen (secondary N) is 2. The maximum absolute atomic E-state index is 13.0. The van der Waals surface area contributed by atoms with E-state index in [2.05, 4.69) is 15.0 Å². The topological polar surface area (TPSA) is 107 Å². The fourth-order valence-electron chi connectivity index (χ4n) is 2.73. The number of rotatable bonds is 8. The quantitative estimate of drug-likeness (QED) is 0.547. The number of carbonyl (C=O) groups excluding carboxylic acids is 1. The Labute approximate surface area is 168 Å². The summed E-state index contributed by atoms with van der Waals surface area (Å²) in [5.74, 6) is -0.284. The zero-order chi connectivity index (χ0) is 20.9. The van der Waals surface area contributed by atoms with Crippen molar-refractivity contribution < 1.29 is 22.7 Å². The Morgan fingerprint density at radius 3 is 2.66 bits per heavy atom. The van der Waals surface area contributed by atoms with Gasteiger partial charge >= 0.3 is 0 Å². The number of fused-ring (bicyclic) bond motifs is 1. The third-order valence-electron chi connectivity index (χ3n) is 4.15. The van der Waals surface area contributed by atoms with Crippen LogP contribution in [0.25, 0.3) is 10.9 Å². The van der Waals surface area contributed by atoms with Crippen LogP contribution in [-0.2, 0) is 14.8 Å². The molecule has 2 N–H and O–H groups in total. The molecule has 29 heavy (non-hydrogen) atoms. The molecule has 0 bridgehead atoms. The lowest BCUT2D eigenvalue weighted by molar-refractivity contribution is 0.0937. The molecule has 1 heterocycles. The molecule has 8 nitrogen and oxygen atoms in total. The van der Waals surface area contributed by atoms with Crippen LogP contribution in [0.3, 0.4) is 0 Å². The number of carbonyl (C=O) groups is 1. The van der Waals surface area contributed by atoms with Crippen LogP contribution in [0.15, 0.2) is 59.6 Å². The summed E-state index contributed by atoms with van der Waals surface area (Å²) >= 11 is 0. The van der Waals surface area contributed by atoms with Gasteiger partial charge in [-0.25, -0.2) is 8.42 Å². The van der Waals surface area contributed by atoms with Crippen molar-refractivity contribution in [1.29, 1.82) is 0 Å². The van der Waals surface area contributed by atoms with Crippen molar-refractivity contribution in [2.75, 3.05) is 32.1 Å². The minimum absolute atomic E-state index is 0.125. The Balaban J connectivity index is 1.91. The number of pyridine rings is 1. The van der Waals surface area contributed by atoms with Crippen molar-refractivity contribution >= 4 is 32.5 Å². The highest BCUT2D eigenvalue weighted by Gasteiger charge is 2.22. The average molecular weight is 415 g/mol. The average Bonchev–Trinajstić information content (AvgIpc) is 2.73. The van der Waals surface area contributed by atoms with E-state index < -0.39 is 15.9 Å². The van der Waals surface area contributed by atoms with E-state index in [1.807, 2.05) is 24.3 Å². The van der Waals surface area contributed by atoms with Crippen LogP contribution in [0.1, 0.15) is 10.4 Å². The van der Waals surface area contributed by atoms with E-state index in [9.17, 15) is 13.2 Å². The monoisotopic (exact) mass is 415 g/mol. The Bertz CT molecular complexity index is 1130. The van der Waals surface area contributed by atoms with Crippen LogP contribution in [0.5, 0.6) is 5.75 Å². The second kappa shape index (κ2) is 8.89. The predicted molar refractivity (Wildman–Crippen MR) is 110 cm³/mol. The van der Waals surface area contributed by atoms with Crippen molar-refractivity contribution in [3.05, 3.63) is 60.3 Å². The summed E-state index contributed by atoms with van der Waals surface area (Å²) in [6, 6.07) is 13.3. The molecule has 1 amide bonds. The zero-order valence-electron chi connectivity index (χ0n) is 16.0. The summed E-state index contributed by atoms with van der Waals surface area (Å²) in [6.45, 7) is 0.661. The Hall–Kier alpha value is -3.17. The second-order valence-electron chi connectivity index (χ2n) is 6.14. The molecule has 0 spiro atoms. The van der Waals surface area contributed by atoms with E-state index >= 15 is 0 Å². The number of nitrogens with zero attached hydrogens (tertiary/aromatic N) is 1. The van der Waals surface area contributed by atoms with Crippen molar-refractivity contribution in [3.63, 3.8) is 0 Å². The molecule has 0 aliphatic heterocycles. The summed E-state index contributed by atoms with van der Waals surface area (Å²) in [7, 11) is -1.13. The number of para-hydroxylation sites is 1. The number of ether oxygens (including phenoxy) is 2. The van der Waals surface area contributed by atoms with Crippen molar-refractivity contribution in [1.82, 2.24) is 10.3 Å². The minimum Gasteiger partial charge on any atom is -0.495 e. The van der Waals surface area contributed by atoms with Crippen LogP contribution in [0.4, 0.5) is 5.69 Å². The normalized spacial score (nSPS) is 11.2. The van der Waals surface area contributed by atoms with E-state index in [-0.39, 0.29) is 16.2 Å². The molecule has 0 atom stereocenters. The van der Waals surface area contributed by atoms with Crippen LogP contribution in [-0.4, -0.2) is 46.7 Å². The van der Waals surface area contributed by atoms with Gasteiger partial charge in [-0.15, -0.1) is 0 Å². The third-order valence-corrected chi connectivity index (χ3v) is 5.55. The van der Waals surface area contributed by atoms with Gasteiger partial charge in [-0.3, -0.25) is 14.5 Å². The number of methoxy groups -OCH3 is 2. The van der Waals surface area contributed by atoms with Gasteiger partial charge in [-0.2, -0.15) is 0 Å².